The molecule has 0 bridgehead atoms. The lowest BCUT2D eigenvalue weighted by molar-refractivity contribution is 0.179. The van der Waals surface area contributed by atoms with Gasteiger partial charge in [-0.3, -0.25) is 0 Å². The Morgan fingerprint density at radius 2 is 2.00 bits per heavy atom. The maximum Gasteiger partial charge on any atom is 0.120 e. The van der Waals surface area contributed by atoms with Gasteiger partial charge < -0.3 is 10.1 Å². The molecule has 0 spiro atoms. The minimum Gasteiger partial charge on any atom is -0.489 e. The van der Waals surface area contributed by atoms with E-state index in [1.807, 2.05) is 7.05 Å². The Labute approximate surface area is 103 Å². The lowest BCUT2D eigenvalue weighted by Crippen LogP contribution is -2.36. The number of aryl methyl sites for hydroxylation is 2. The molecule has 1 saturated carbocycles. The molecule has 0 aromatic heterocycles. The van der Waals surface area contributed by atoms with Gasteiger partial charge in [-0.2, -0.15) is 0 Å². The summed E-state index contributed by atoms with van der Waals surface area (Å²) in [6, 6.07) is 7.19. The molecule has 1 fully saturated rings. The first kappa shape index (κ1) is 11.1. The number of hydrogen-bond donors (Lipinski definition) is 1. The van der Waals surface area contributed by atoms with Gasteiger partial charge in [-0.05, 0) is 68.8 Å². The number of likely N-dealkylation sites (N-methyl/N-ethyl adjacent to an activating group) is 1. The topological polar surface area (TPSA) is 21.3 Å². The maximum absolute atomic E-state index is 6.14. The van der Waals surface area contributed by atoms with Crippen LogP contribution in [0.15, 0.2) is 18.2 Å². The van der Waals surface area contributed by atoms with Crippen molar-refractivity contribution in [2.24, 2.45) is 0 Å². The normalized spacial score (nSPS) is 27.1. The van der Waals surface area contributed by atoms with Gasteiger partial charge in [0.25, 0.3) is 0 Å². The van der Waals surface area contributed by atoms with Gasteiger partial charge in [-0.25, -0.2) is 0 Å². The molecular weight excluding hydrogens is 210 g/mol. The Bertz CT molecular complexity index is 402. The van der Waals surface area contributed by atoms with Crippen molar-refractivity contribution in [3.05, 3.63) is 29.3 Å². The molecule has 0 radical (unpaired) electrons. The molecule has 0 amide bonds. The van der Waals surface area contributed by atoms with E-state index in [0.717, 1.165) is 5.75 Å². The summed E-state index contributed by atoms with van der Waals surface area (Å²) in [5.74, 6) is 1.07. The largest absolute Gasteiger partial charge is 0.489 e. The zero-order valence-corrected chi connectivity index (χ0v) is 10.5. The Morgan fingerprint density at radius 1 is 1.12 bits per heavy atom. The van der Waals surface area contributed by atoms with Gasteiger partial charge in [0.05, 0.1) is 0 Å². The van der Waals surface area contributed by atoms with Crippen LogP contribution in [-0.4, -0.2) is 19.2 Å². The van der Waals surface area contributed by atoms with Crippen LogP contribution in [0.5, 0.6) is 5.75 Å². The highest BCUT2D eigenvalue weighted by Gasteiger charge is 2.27. The first-order valence-electron chi connectivity index (χ1n) is 6.82. The van der Waals surface area contributed by atoms with Gasteiger partial charge in [-0.15, -0.1) is 0 Å². The van der Waals surface area contributed by atoms with Gasteiger partial charge in [0.1, 0.15) is 11.9 Å². The molecule has 1 aromatic carbocycles. The summed E-state index contributed by atoms with van der Waals surface area (Å²) < 4.78 is 6.14. The highest BCUT2D eigenvalue weighted by Crippen LogP contribution is 2.29. The first-order valence-corrected chi connectivity index (χ1v) is 6.82. The summed E-state index contributed by atoms with van der Waals surface area (Å²) >= 11 is 0. The Kier molecular flexibility index (Phi) is 3.06. The van der Waals surface area contributed by atoms with Crippen molar-refractivity contribution in [1.82, 2.24) is 5.32 Å². The predicted octanol–water partition coefficient (Wildman–Crippen LogP) is 2.69. The van der Waals surface area contributed by atoms with Crippen molar-refractivity contribution in [2.75, 3.05) is 7.05 Å². The molecule has 2 atom stereocenters. The summed E-state index contributed by atoms with van der Waals surface area (Å²) in [5.41, 5.74) is 3.02. The fourth-order valence-electron chi connectivity index (χ4n) is 3.19. The van der Waals surface area contributed by atoms with Crippen molar-refractivity contribution in [2.45, 2.75) is 50.7 Å². The molecule has 1 aromatic rings. The van der Waals surface area contributed by atoms with Crippen LogP contribution in [0.2, 0.25) is 0 Å². The molecule has 1 N–H and O–H groups in total. The zero-order chi connectivity index (χ0) is 11.7. The summed E-state index contributed by atoms with van der Waals surface area (Å²) in [6.45, 7) is 0. The van der Waals surface area contributed by atoms with Gasteiger partial charge >= 0.3 is 0 Å². The minimum absolute atomic E-state index is 0.361. The van der Waals surface area contributed by atoms with Crippen LogP contribution in [-0.2, 0) is 12.8 Å². The van der Waals surface area contributed by atoms with E-state index in [9.17, 15) is 0 Å². The number of fused-ring (bicyclic) bond motifs is 1. The Balaban J connectivity index is 1.72. The predicted molar refractivity (Wildman–Crippen MR) is 69.6 cm³/mol. The van der Waals surface area contributed by atoms with Crippen LogP contribution in [0.4, 0.5) is 0 Å². The second-order valence-corrected chi connectivity index (χ2v) is 5.27. The third-order valence-corrected chi connectivity index (χ3v) is 4.18. The van der Waals surface area contributed by atoms with Crippen LogP contribution < -0.4 is 10.1 Å². The standard InChI is InChI=1S/C15H21NO/c1-16-14-6-3-7-15(14)17-13-9-8-11-4-2-5-12(11)10-13/h8-10,14-16H,2-7H2,1H3. The molecule has 17 heavy (non-hydrogen) atoms. The van der Waals surface area contributed by atoms with Crippen molar-refractivity contribution in [3.63, 3.8) is 0 Å². The van der Waals surface area contributed by atoms with E-state index in [-0.39, 0.29) is 0 Å². The van der Waals surface area contributed by atoms with Crippen LogP contribution in [0.1, 0.15) is 36.8 Å². The van der Waals surface area contributed by atoms with Crippen molar-refractivity contribution < 1.29 is 4.74 Å². The highest BCUT2D eigenvalue weighted by molar-refractivity contribution is 5.38. The van der Waals surface area contributed by atoms with Crippen LogP contribution >= 0.6 is 0 Å². The van der Waals surface area contributed by atoms with Crippen LogP contribution in [0, 0.1) is 0 Å². The molecule has 0 aliphatic heterocycles. The summed E-state index contributed by atoms with van der Waals surface area (Å²) in [6.07, 6.45) is 7.85. The van der Waals surface area contributed by atoms with Crippen LogP contribution in [0.25, 0.3) is 0 Å². The van der Waals surface area contributed by atoms with E-state index in [4.69, 9.17) is 4.74 Å². The fraction of sp³-hybridized carbons (Fsp3) is 0.600. The summed E-state index contributed by atoms with van der Waals surface area (Å²) in [7, 11) is 2.04. The number of hydrogen-bond acceptors (Lipinski definition) is 2. The molecule has 0 heterocycles. The number of benzene rings is 1. The molecule has 3 rings (SSSR count). The van der Waals surface area contributed by atoms with Gasteiger partial charge in [0.2, 0.25) is 0 Å². The third-order valence-electron chi connectivity index (χ3n) is 4.18. The monoisotopic (exact) mass is 231 g/mol. The second-order valence-electron chi connectivity index (χ2n) is 5.27. The molecule has 2 nitrogen and oxygen atoms in total. The van der Waals surface area contributed by atoms with Gasteiger partial charge in [0.15, 0.2) is 0 Å². The molecule has 2 aliphatic rings. The Morgan fingerprint density at radius 3 is 2.88 bits per heavy atom. The fourth-order valence-corrected chi connectivity index (χ4v) is 3.19. The van der Waals surface area contributed by atoms with Gasteiger partial charge in [0, 0.05) is 6.04 Å². The molecule has 0 saturated heterocycles. The number of rotatable bonds is 3. The van der Waals surface area contributed by atoms with E-state index in [1.54, 1.807) is 0 Å². The van der Waals surface area contributed by atoms with Crippen LogP contribution in [0.3, 0.4) is 0 Å². The van der Waals surface area contributed by atoms with E-state index >= 15 is 0 Å². The first-order chi connectivity index (χ1) is 8.36. The van der Waals surface area contributed by atoms with Crippen molar-refractivity contribution >= 4 is 0 Å². The third kappa shape index (κ3) is 2.19. The number of nitrogens with one attached hydrogen (secondary N) is 1. The average molecular weight is 231 g/mol. The molecule has 2 aliphatic carbocycles. The van der Waals surface area contributed by atoms with E-state index < -0.39 is 0 Å². The number of ether oxygens (including phenoxy) is 1. The second kappa shape index (κ2) is 4.69. The van der Waals surface area contributed by atoms with E-state index in [2.05, 4.69) is 23.5 Å². The molecular formula is C15H21NO. The van der Waals surface area contributed by atoms with Gasteiger partial charge in [-0.1, -0.05) is 6.07 Å². The van der Waals surface area contributed by atoms with E-state index in [1.165, 1.54) is 49.7 Å². The Hall–Kier alpha value is -1.02. The molecule has 2 unspecified atom stereocenters. The molecule has 2 heteroatoms. The average Bonchev–Trinajstić information content (AvgIpc) is 2.96. The highest BCUT2D eigenvalue weighted by atomic mass is 16.5. The zero-order valence-electron chi connectivity index (χ0n) is 10.5. The molecule has 92 valence electrons. The van der Waals surface area contributed by atoms with Crippen molar-refractivity contribution in [3.8, 4) is 5.75 Å². The van der Waals surface area contributed by atoms with Crippen molar-refractivity contribution in [1.29, 1.82) is 0 Å². The lowest BCUT2D eigenvalue weighted by Gasteiger charge is -2.21. The minimum atomic E-state index is 0.361. The quantitative estimate of drug-likeness (QED) is 0.863. The van der Waals surface area contributed by atoms with E-state index in [0.29, 0.717) is 12.1 Å². The lowest BCUT2D eigenvalue weighted by atomic mass is 10.1. The maximum atomic E-state index is 6.14. The smallest absolute Gasteiger partial charge is 0.120 e. The SMILES string of the molecule is CNC1CCCC1Oc1ccc2c(c1)CCC2. The summed E-state index contributed by atoms with van der Waals surface area (Å²) in [5, 5.41) is 3.36. The summed E-state index contributed by atoms with van der Waals surface area (Å²) in [4.78, 5) is 0.